The van der Waals surface area contributed by atoms with Crippen LogP contribution in [0, 0.1) is 13.8 Å². The first-order valence-electron chi connectivity index (χ1n) is 6.40. The van der Waals surface area contributed by atoms with Crippen molar-refractivity contribution in [3.63, 3.8) is 0 Å². The number of sulfonamides is 1. The van der Waals surface area contributed by atoms with E-state index in [0.29, 0.717) is 13.0 Å². The number of benzene rings is 1. The number of hydrogen-bond donors (Lipinski definition) is 1. The molecule has 0 spiro atoms. The number of hydrogen-bond acceptors (Lipinski definition) is 4. The predicted octanol–water partition coefficient (Wildman–Crippen LogP) is 2.42. The third-order valence-electron chi connectivity index (χ3n) is 2.87. The summed E-state index contributed by atoms with van der Waals surface area (Å²) in [6.45, 7) is 4.33. The molecular formula is C14H18N2O2S2. The summed E-state index contributed by atoms with van der Waals surface area (Å²) in [6.07, 6.45) is 0.686. The highest BCUT2D eigenvalue weighted by Crippen LogP contribution is 2.17. The maximum atomic E-state index is 12.0. The van der Waals surface area contributed by atoms with Gasteiger partial charge in [-0.15, -0.1) is 11.3 Å². The standard InChI is InChI=1S/C14H18N2O2S2/c1-11-14(19-12(2)16-11)8-9-15-20(17,18)10-13-6-4-3-5-7-13/h3-7,15H,8-10H2,1-2H3. The van der Waals surface area contributed by atoms with Gasteiger partial charge in [-0.2, -0.15) is 0 Å². The van der Waals surface area contributed by atoms with Crippen molar-refractivity contribution in [3.05, 3.63) is 51.5 Å². The summed E-state index contributed by atoms with van der Waals surface area (Å²) >= 11 is 1.62. The molecule has 2 rings (SSSR count). The normalized spacial score (nSPS) is 11.7. The molecule has 2 aromatic rings. The number of thiazole rings is 1. The van der Waals surface area contributed by atoms with Gasteiger partial charge in [0.15, 0.2) is 0 Å². The molecule has 1 aromatic carbocycles. The van der Waals surface area contributed by atoms with Gasteiger partial charge in [-0.1, -0.05) is 30.3 Å². The van der Waals surface area contributed by atoms with Crippen LogP contribution in [0.2, 0.25) is 0 Å². The lowest BCUT2D eigenvalue weighted by Crippen LogP contribution is -2.27. The third kappa shape index (κ3) is 4.40. The summed E-state index contributed by atoms with van der Waals surface area (Å²) < 4.78 is 26.6. The zero-order chi connectivity index (χ0) is 14.6. The van der Waals surface area contributed by atoms with E-state index in [1.54, 1.807) is 11.3 Å². The SMILES string of the molecule is Cc1nc(C)c(CCNS(=O)(=O)Cc2ccccc2)s1. The molecule has 0 unspecified atom stereocenters. The van der Waals surface area contributed by atoms with Crippen molar-refractivity contribution in [1.29, 1.82) is 0 Å². The van der Waals surface area contributed by atoms with Gasteiger partial charge in [0, 0.05) is 11.4 Å². The molecule has 0 saturated heterocycles. The van der Waals surface area contributed by atoms with Crippen LogP contribution in [0.5, 0.6) is 0 Å². The molecule has 0 bridgehead atoms. The van der Waals surface area contributed by atoms with E-state index in [9.17, 15) is 8.42 Å². The Morgan fingerprint density at radius 1 is 1.20 bits per heavy atom. The van der Waals surface area contributed by atoms with E-state index in [1.807, 2.05) is 44.2 Å². The van der Waals surface area contributed by atoms with Crippen LogP contribution in [0.25, 0.3) is 0 Å². The number of nitrogens with one attached hydrogen (secondary N) is 1. The number of rotatable bonds is 6. The molecule has 0 aliphatic rings. The minimum atomic E-state index is -3.28. The van der Waals surface area contributed by atoms with E-state index in [2.05, 4.69) is 9.71 Å². The Morgan fingerprint density at radius 2 is 1.90 bits per heavy atom. The fourth-order valence-corrected chi connectivity index (χ4v) is 4.05. The predicted molar refractivity (Wildman–Crippen MR) is 82.4 cm³/mol. The zero-order valence-electron chi connectivity index (χ0n) is 11.6. The Labute approximate surface area is 123 Å². The molecular weight excluding hydrogens is 292 g/mol. The monoisotopic (exact) mass is 310 g/mol. The Balaban J connectivity index is 1.88. The maximum absolute atomic E-state index is 12.0. The fraction of sp³-hybridized carbons (Fsp3) is 0.357. The van der Waals surface area contributed by atoms with E-state index in [-0.39, 0.29) is 5.75 Å². The molecule has 20 heavy (non-hydrogen) atoms. The lowest BCUT2D eigenvalue weighted by molar-refractivity contribution is 0.581. The second-order valence-electron chi connectivity index (χ2n) is 4.63. The van der Waals surface area contributed by atoms with E-state index in [1.165, 1.54) is 0 Å². The van der Waals surface area contributed by atoms with Gasteiger partial charge >= 0.3 is 0 Å². The molecule has 0 fully saturated rings. The summed E-state index contributed by atoms with van der Waals surface area (Å²) in [5, 5.41) is 1.02. The zero-order valence-corrected chi connectivity index (χ0v) is 13.2. The van der Waals surface area contributed by atoms with Gasteiger partial charge in [0.2, 0.25) is 10.0 Å². The summed E-state index contributed by atoms with van der Waals surface area (Å²) in [6, 6.07) is 9.19. The van der Waals surface area contributed by atoms with E-state index in [4.69, 9.17) is 0 Å². The molecule has 1 N–H and O–H groups in total. The Bertz CT molecular complexity index is 664. The first-order chi connectivity index (χ1) is 9.46. The summed E-state index contributed by atoms with van der Waals surface area (Å²) in [7, 11) is -3.28. The minimum absolute atomic E-state index is 0.0224. The average Bonchev–Trinajstić information content (AvgIpc) is 2.68. The van der Waals surface area contributed by atoms with Crippen LogP contribution in [0.4, 0.5) is 0 Å². The molecule has 6 heteroatoms. The Hall–Kier alpha value is -1.24. The molecule has 108 valence electrons. The lowest BCUT2D eigenvalue weighted by atomic mass is 10.2. The Morgan fingerprint density at radius 3 is 2.50 bits per heavy atom. The van der Waals surface area contributed by atoms with Gasteiger partial charge in [-0.25, -0.2) is 18.1 Å². The molecule has 0 atom stereocenters. The van der Waals surface area contributed by atoms with Gasteiger partial charge in [0.25, 0.3) is 0 Å². The van der Waals surface area contributed by atoms with Crippen molar-refractivity contribution in [2.75, 3.05) is 6.54 Å². The van der Waals surface area contributed by atoms with Crippen LogP contribution < -0.4 is 4.72 Å². The molecule has 0 saturated carbocycles. The topological polar surface area (TPSA) is 59.1 Å². The molecule has 1 aromatic heterocycles. The minimum Gasteiger partial charge on any atom is -0.247 e. The van der Waals surface area contributed by atoms with Crippen LogP contribution in [0.1, 0.15) is 21.1 Å². The van der Waals surface area contributed by atoms with Crippen LogP contribution in [-0.2, 0) is 22.2 Å². The second-order valence-corrected chi connectivity index (χ2v) is 7.73. The van der Waals surface area contributed by atoms with Gasteiger partial charge in [0.1, 0.15) is 0 Å². The lowest BCUT2D eigenvalue weighted by Gasteiger charge is -2.06. The smallest absolute Gasteiger partial charge is 0.215 e. The first-order valence-corrected chi connectivity index (χ1v) is 8.87. The van der Waals surface area contributed by atoms with Gasteiger partial charge in [0.05, 0.1) is 16.5 Å². The summed E-state index contributed by atoms with van der Waals surface area (Å²) in [5.74, 6) is 0.0224. The number of aryl methyl sites for hydroxylation is 2. The molecule has 0 amide bonds. The quantitative estimate of drug-likeness (QED) is 0.891. The van der Waals surface area contributed by atoms with Crippen molar-refractivity contribution in [2.45, 2.75) is 26.0 Å². The summed E-state index contributed by atoms with van der Waals surface area (Å²) in [5.41, 5.74) is 1.79. The van der Waals surface area contributed by atoms with Crippen LogP contribution >= 0.6 is 11.3 Å². The van der Waals surface area contributed by atoms with Crippen molar-refractivity contribution in [2.24, 2.45) is 0 Å². The fourth-order valence-electron chi connectivity index (χ4n) is 1.97. The van der Waals surface area contributed by atoms with Crippen LogP contribution in [0.3, 0.4) is 0 Å². The van der Waals surface area contributed by atoms with Gasteiger partial charge in [-0.05, 0) is 25.8 Å². The second kappa shape index (κ2) is 6.47. The molecule has 1 heterocycles. The molecule has 0 aliphatic carbocycles. The van der Waals surface area contributed by atoms with E-state index < -0.39 is 10.0 Å². The van der Waals surface area contributed by atoms with Crippen LogP contribution in [-0.4, -0.2) is 19.9 Å². The number of nitrogens with zero attached hydrogens (tertiary/aromatic N) is 1. The highest BCUT2D eigenvalue weighted by atomic mass is 32.2. The molecule has 4 nitrogen and oxygen atoms in total. The highest BCUT2D eigenvalue weighted by Gasteiger charge is 2.12. The van der Waals surface area contributed by atoms with Crippen molar-refractivity contribution in [1.82, 2.24) is 9.71 Å². The highest BCUT2D eigenvalue weighted by molar-refractivity contribution is 7.88. The van der Waals surface area contributed by atoms with Gasteiger partial charge in [-0.3, -0.25) is 0 Å². The summed E-state index contributed by atoms with van der Waals surface area (Å²) in [4.78, 5) is 5.48. The van der Waals surface area contributed by atoms with Gasteiger partial charge < -0.3 is 0 Å². The van der Waals surface area contributed by atoms with E-state index in [0.717, 1.165) is 21.1 Å². The third-order valence-corrected chi connectivity index (χ3v) is 5.36. The average molecular weight is 310 g/mol. The van der Waals surface area contributed by atoms with Crippen LogP contribution in [0.15, 0.2) is 30.3 Å². The molecule has 0 aliphatic heterocycles. The van der Waals surface area contributed by atoms with E-state index >= 15 is 0 Å². The van der Waals surface area contributed by atoms with Crippen molar-refractivity contribution in [3.8, 4) is 0 Å². The Kier molecular flexibility index (Phi) is 4.91. The van der Waals surface area contributed by atoms with Crippen molar-refractivity contribution >= 4 is 21.4 Å². The van der Waals surface area contributed by atoms with Crippen molar-refractivity contribution < 1.29 is 8.42 Å². The maximum Gasteiger partial charge on any atom is 0.215 e. The molecule has 0 radical (unpaired) electrons. The largest absolute Gasteiger partial charge is 0.247 e. The number of aromatic nitrogens is 1. The first kappa shape index (κ1) is 15.2.